The van der Waals surface area contributed by atoms with Crippen LogP contribution in [0.2, 0.25) is 5.02 Å². The molecule has 0 aliphatic heterocycles. The Morgan fingerprint density at radius 3 is 2.30 bits per heavy atom. The average Bonchev–Trinajstić information content (AvgIpc) is 2.99. The monoisotopic (exact) mass is 376 g/mol. The van der Waals surface area contributed by atoms with Gasteiger partial charge in [0.05, 0.1) is 0 Å². The predicted octanol–water partition coefficient (Wildman–Crippen LogP) is 6.49. The zero-order chi connectivity index (χ0) is 19.2. The van der Waals surface area contributed by atoms with Crippen LogP contribution >= 0.6 is 11.6 Å². The molecule has 4 rings (SSSR count). The molecule has 0 aromatic heterocycles. The quantitative estimate of drug-likeness (QED) is 0.542. The first-order valence-electron chi connectivity index (χ1n) is 9.51. The van der Waals surface area contributed by atoms with Gasteiger partial charge >= 0.3 is 0 Å². The molecule has 0 saturated heterocycles. The molecule has 0 spiro atoms. The maximum atomic E-state index is 11.9. The van der Waals surface area contributed by atoms with Gasteiger partial charge in [-0.1, -0.05) is 87.0 Å². The lowest BCUT2D eigenvalue weighted by Gasteiger charge is -2.29. The summed E-state index contributed by atoms with van der Waals surface area (Å²) >= 11 is 6.07. The van der Waals surface area contributed by atoms with E-state index in [1.165, 1.54) is 11.1 Å². The Morgan fingerprint density at radius 1 is 0.889 bits per heavy atom. The first-order chi connectivity index (χ1) is 12.8. The maximum absolute atomic E-state index is 11.9. The Balaban J connectivity index is 1.88. The van der Waals surface area contributed by atoms with Crippen molar-refractivity contribution in [3.05, 3.63) is 94.0 Å². The van der Waals surface area contributed by atoms with Gasteiger partial charge in [0.1, 0.15) is 5.60 Å². The molecule has 0 radical (unpaired) electrons. The lowest BCUT2D eigenvalue weighted by atomic mass is 9.80. The van der Waals surface area contributed by atoms with Crippen LogP contribution in [0.1, 0.15) is 49.4 Å². The molecule has 0 fully saturated rings. The van der Waals surface area contributed by atoms with Crippen LogP contribution < -0.4 is 0 Å². The summed E-state index contributed by atoms with van der Waals surface area (Å²) in [7, 11) is 0. The van der Waals surface area contributed by atoms with E-state index in [0.717, 1.165) is 33.7 Å². The Hall–Kier alpha value is -2.09. The lowest BCUT2D eigenvalue weighted by Crippen LogP contribution is -2.25. The fourth-order valence-electron chi connectivity index (χ4n) is 4.10. The second kappa shape index (κ2) is 6.51. The average molecular weight is 377 g/mol. The number of aryl methyl sites for hydroxylation is 1. The molecule has 138 valence electrons. The van der Waals surface area contributed by atoms with E-state index in [9.17, 15) is 5.11 Å². The SMILES string of the molecule is CC(C)(C)c1ccc2c(c1)C(O)(c1ccccc1-c1ccc(Cl)cc1)CC2. The van der Waals surface area contributed by atoms with Gasteiger partial charge in [-0.15, -0.1) is 0 Å². The zero-order valence-electron chi connectivity index (χ0n) is 16.1. The summed E-state index contributed by atoms with van der Waals surface area (Å²) in [6.07, 6.45) is 1.60. The summed E-state index contributed by atoms with van der Waals surface area (Å²) in [6, 6.07) is 22.6. The molecule has 1 N–H and O–H groups in total. The smallest absolute Gasteiger partial charge is 0.116 e. The van der Waals surface area contributed by atoms with Crippen LogP contribution in [0.25, 0.3) is 11.1 Å². The van der Waals surface area contributed by atoms with Crippen LogP contribution in [0, 0.1) is 0 Å². The van der Waals surface area contributed by atoms with E-state index in [1.54, 1.807) is 0 Å². The third kappa shape index (κ3) is 3.20. The molecule has 27 heavy (non-hydrogen) atoms. The summed E-state index contributed by atoms with van der Waals surface area (Å²) in [4.78, 5) is 0. The summed E-state index contributed by atoms with van der Waals surface area (Å²) in [5.41, 5.74) is 5.74. The van der Waals surface area contributed by atoms with Crippen LogP contribution in [-0.2, 0) is 17.4 Å². The third-order valence-corrected chi connectivity index (χ3v) is 5.96. The Morgan fingerprint density at radius 2 is 1.59 bits per heavy atom. The van der Waals surface area contributed by atoms with Gasteiger partial charge < -0.3 is 5.11 Å². The summed E-state index contributed by atoms with van der Waals surface area (Å²) < 4.78 is 0. The Bertz CT molecular complexity index is 982. The Labute approximate surface area is 166 Å². The highest BCUT2D eigenvalue weighted by atomic mass is 35.5. The molecule has 2 heteroatoms. The van der Waals surface area contributed by atoms with Gasteiger partial charge in [0.15, 0.2) is 0 Å². The van der Waals surface area contributed by atoms with E-state index in [0.29, 0.717) is 6.42 Å². The van der Waals surface area contributed by atoms with Crippen LogP contribution in [0.3, 0.4) is 0 Å². The molecule has 0 saturated carbocycles. The summed E-state index contributed by atoms with van der Waals surface area (Å²) in [6.45, 7) is 6.64. The largest absolute Gasteiger partial charge is 0.380 e. The van der Waals surface area contributed by atoms with Crippen LogP contribution in [0.4, 0.5) is 0 Å². The number of aliphatic hydroxyl groups is 1. The number of benzene rings is 3. The minimum absolute atomic E-state index is 0.0498. The van der Waals surface area contributed by atoms with E-state index >= 15 is 0 Å². The molecular weight excluding hydrogens is 352 g/mol. The standard InChI is InChI=1S/C25H25ClO/c1-24(2,3)19-11-8-18-14-15-25(27,23(18)16-19)22-7-5-4-6-21(22)17-9-12-20(26)13-10-17/h4-13,16,27H,14-15H2,1-3H3. The van der Waals surface area contributed by atoms with Crippen LogP contribution in [0.5, 0.6) is 0 Å². The zero-order valence-corrected chi connectivity index (χ0v) is 16.8. The highest BCUT2D eigenvalue weighted by Gasteiger charge is 2.40. The van der Waals surface area contributed by atoms with E-state index in [1.807, 2.05) is 36.4 Å². The molecule has 1 nitrogen and oxygen atoms in total. The predicted molar refractivity (Wildman–Crippen MR) is 113 cm³/mol. The van der Waals surface area contributed by atoms with Crippen molar-refractivity contribution in [2.75, 3.05) is 0 Å². The minimum Gasteiger partial charge on any atom is -0.380 e. The van der Waals surface area contributed by atoms with E-state index in [2.05, 4.69) is 51.1 Å². The summed E-state index contributed by atoms with van der Waals surface area (Å²) in [5, 5.41) is 12.6. The number of halogens is 1. The van der Waals surface area contributed by atoms with Gasteiger partial charge in [-0.3, -0.25) is 0 Å². The fraction of sp³-hybridized carbons (Fsp3) is 0.280. The van der Waals surface area contributed by atoms with Gasteiger partial charge in [0.25, 0.3) is 0 Å². The van der Waals surface area contributed by atoms with Crippen molar-refractivity contribution in [2.24, 2.45) is 0 Å². The highest BCUT2D eigenvalue weighted by Crippen LogP contribution is 2.46. The summed E-state index contributed by atoms with van der Waals surface area (Å²) in [5.74, 6) is 0. The normalized spacial score (nSPS) is 19.1. The molecule has 1 aliphatic carbocycles. The van der Waals surface area contributed by atoms with Gasteiger partial charge in [-0.2, -0.15) is 0 Å². The van der Waals surface area contributed by atoms with E-state index in [4.69, 9.17) is 11.6 Å². The molecular formula is C25H25ClO. The minimum atomic E-state index is -0.965. The molecule has 3 aromatic carbocycles. The van der Waals surface area contributed by atoms with Crippen molar-refractivity contribution in [3.8, 4) is 11.1 Å². The van der Waals surface area contributed by atoms with Crippen LogP contribution in [-0.4, -0.2) is 5.11 Å². The van der Waals surface area contributed by atoms with E-state index in [-0.39, 0.29) is 5.41 Å². The number of rotatable bonds is 2. The maximum Gasteiger partial charge on any atom is 0.116 e. The fourth-order valence-corrected chi connectivity index (χ4v) is 4.23. The third-order valence-electron chi connectivity index (χ3n) is 5.71. The van der Waals surface area contributed by atoms with Gasteiger partial charge in [-0.05, 0) is 63.8 Å². The van der Waals surface area contributed by atoms with Gasteiger partial charge in [-0.25, -0.2) is 0 Å². The molecule has 0 bridgehead atoms. The first kappa shape index (κ1) is 18.3. The molecule has 1 unspecified atom stereocenters. The number of fused-ring (bicyclic) bond motifs is 1. The van der Waals surface area contributed by atoms with Gasteiger partial charge in [0.2, 0.25) is 0 Å². The van der Waals surface area contributed by atoms with Crippen LogP contribution in [0.15, 0.2) is 66.7 Å². The second-order valence-electron chi connectivity index (χ2n) is 8.53. The number of hydrogen-bond acceptors (Lipinski definition) is 1. The van der Waals surface area contributed by atoms with Gasteiger partial charge in [0, 0.05) is 5.02 Å². The lowest BCUT2D eigenvalue weighted by molar-refractivity contribution is 0.0834. The topological polar surface area (TPSA) is 20.2 Å². The van der Waals surface area contributed by atoms with Crippen molar-refractivity contribution in [1.82, 2.24) is 0 Å². The molecule has 3 aromatic rings. The molecule has 0 amide bonds. The second-order valence-corrected chi connectivity index (χ2v) is 8.97. The van der Waals surface area contributed by atoms with Crippen molar-refractivity contribution in [3.63, 3.8) is 0 Å². The van der Waals surface area contributed by atoms with Crippen molar-refractivity contribution in [1.29, 1.82) is 0 Å². The number of hydrogen-bond donors (Lipinski definition) is 1. The van der Waals surface area contributed by atoms with Crippen molar-refractivity contribution >= 4 is 11.6 Å². The molecule has 1 aliphatic rings. The molecule has 1 atom stereocenters. The Kier molecular flexibility index (Phi) is 4.41. The van der Waals surface area contributed by atoms with E-state index < -0.39 is 5.60 Å². The van der Waals surface area contributed by atoms with Crippen molar-refractivity contribution < 1.29 is 5.11 Å². The molecule has 0 heterocycles. The highest BCUT2D eigenvalue weighted by molar-refractivity contribution is 6.30. The first-order valence-corrected chi connectivity index (χ1v) is 9.88. The van der Waals surface area contributed by atoms with Crippen molar-refractivity contribution in [2.45, 2.75) is 44.6 Å².